The highest BCUT2D eigenvalue weighted by molar-refractivity contribution is 8.09. The van der Waals surface area contributed by atoms with Gasteiger partial charge in [-0.3, -0.25) is 18.8 Å². The number of hydrogen-bond donors (Lipinski definition) is 0. The van der Waals surface area contributed by atoms with Gasteiger partial charge < -0.3 is 9.64 Å². The minimum Gasteiger partial charge on any atom is -0.494 e. The lowest BCUT2D eigenvalue weighted by atomic mass is 10.3. The van der Waals surface area contributed by atoms with Crippen LogP contribution >= 0.6 is 12.4 Å². The number of sulfonamides is 2. The van der Waals surface area contributed by atoms with Crippen LogP contribution in [0.25, 0.3) is 0 Å². The Morgan fingerprint density at radius 2 is 1.44 bits per heavy atom. The van der Waals surface area contributed by atoms with Crippen LogP contribution in [0.15, 0.2) is 39.9 Å². The molecule has 3 rings (SSSR count). The van der Waals surface area contributed by atoms with Crippen molar-refractivity contribution < 1.29 is 21.6 Å². The molecule has 1 aliphatic rings. The molecule has 1 aliphatic heterocycles. The average Bonchev–Trinajstić information content (AvgIpc) is 2.77. The lowest BCUT2D eigenvalue weighted by Crippen LogP contribution is -2.49. The first kappa shape index (κ1) is 29.7. The number of ether oxygens (including phenoxy) is 1. The van der Waals surface area contributed by atoms with E-state index < -0.39 is 20.0 Å². The zero-order valence-electron chi connectivity index (χ0n) is 20.7. The number of halogens is 1. The van der Waals surface area contributed by atoms with E-state index in [0.717, 1.165) is 43.1 Å². The molecule has 0 radical (unpaired) electrons. The van der Waals surface area contributed by atoms with Crippen LogP contribution in [0.2, 0.25) is 0 Å². The number of nitrogens with zero attached hydrogens (tertiary/aromatic N) is 5. The summed E-state index contributed by atoms with van der Waals surface area (Å²) in [4.78, 5) is 28.5. The standard InChI is InChI=1S/C21H31N5O7S2.ClH/c1-22-19(16-20(27)23(2)21(22)28)25-13-11-24(12-14-25)10-5-15-33-18-8-6-17(7-9-18)26(34(3,29)30)35(4,31)32;/h6-9,16H,5,10-15H2,1-4H3;1H. The number of hydrogen-bond acceptors (Lipinski definition) is 9. The van der Waals surface area contributed by atoms with Crippen LogP contribution < -0.4 is 24.6 Å². The van der Waals surface area contributed by atoms with Crippen molar-refractivity contribution in [2.45, 2.75) is 6.42 Å². The van der Waals surface area contributed by atoms with Gasteiger partial charge in [-0.1, -0.05) is 0 Å². The molecule has 1 aromatic heterocycles. The van der Waals surface area contributed by atoms with Crippen molar-refractivity contribution in [2.75, 3.05) is 60.5 Å². The SMILES string of the molecule is Cl.Cn1c(N2CCN(CCCOc3ccc(N(S(C)(=O)=O)S(C)(=O)=O)cc3)CC2)cc(=O)n(C)c1=O. The summed E-state index contributed by atoms with van der Waals surface area (Å²) in [6.07, 6.45) is 2.42. The van der Waals surface area contributed by atoms with Crippen molar-refractivity contribution in [3.8, 4) is 5.75 Å². The first-order valence-electron chi connectivity index (χ1n) is 11.0. The van der Waals surface area contributed by atoms with Gasteiger partial charge in [0.05, 0.1) is 24.8 Å². The van der Waals surface area contributed by atoms with E-state index in [2.05, 4.69) is 4.90 Å². The summed E-state index contributed by atoms with van der Waals surface area (Å²) >= 11 is 0. The molecule has 0 bridgehead atoms. The predicted octanol–water partition coefficient (Wildman–Crippen LogP) is -0.177. The number of aromatic nitrogens is 2. The molecule has 0 saturated carbocycles. The molecule has 0 unspecified atom stereocenters. The van der Waals surface area contributed by atoms with E-state index in [-0.39, 0.29) is 29.3 Å². The minimum atomic E-state index is -3.99. The van der Waals surface area contributed by atoms with Gasteiger partial charge >= 0.3 is 5.69 Å². The van der Waals surface area contributed by atoms with Crippen molar-refractivity contribution in [2.24, 2.45) is 14.1 Å². The Morgan fingerprint density at radius 3 is 1.97 bits per heavy atom. The number of rotatable bonds is 9. The first-order chi connectivity index (χ1) is 16.3. The van der Waals surface area contributed by atoms with E-state index in [4.69, 9.17) is 4.74 Å². The maximum atomic E-state index is 12.2. The fourth-order valence-electron chi connectivity index (χ4n) is 4.00. The molecular weight excluding hydrogens is 534 g/mol. The molecule has 15 heteroatoms. The van der Waals surface area contributed by atoms with Gasteiger partial charge in [-0.15, -0.1) is 12.4 Å². The Balaban J connectivity index is 0.00000456. The van der Waals surface area contributed by atoms with Crippen LogP contribution in [0.3, 0.4) is 0 Å². The normalized spacial score (nSPS) is 14.8. The molecule has 202 valence electrons. The van der Waals surface area contributed by atoms with Crippen LogP contribution in [0.1, 0.15) is 6.42 Å². The van der Waals surface area contributed by atoms with Crippen LogP contribution in [-0.4, -0.2) is 82.7 Å². The van der Waals surface area contributed by atoms with Crippen molar-refractivity contribution in [3.63, 3.8) is 0 Å². The fourth-order valence-corrected chi connectivity index (χ4v) is 6.97. The molecule has 2 aromatic rings. The second kappa shape index (κ2) is 11.7. The fraction of sp³-hybridized carbons (Fsp3) is 0.524. The van der Waals surface area contributed by atoms with Crippen LogP contribution in [0.5, 0.6) is 5.75 Å². The largest absolute Gasteiger partial charge is 0.494 e. The molecule has 12 nitrogen and oxygen atoms in total. The zero-order chi connectivity index (χ0) is 26.0. The molecule has 0 spiro atoms. The van der Waals surface area contributed by atoms with E-state index in [1.165, 1.54) is 41.9 Å². The van der Waals surface area contributed by atoms with Crippen molar-refractivity contribution in [1.29, 1.82) is 0 Å². The van der Waals surface area contributed by atoms with Crippen molar-refractivity contribution >= 4 is 44.0 Å². The van der Waals surface area contributed by atoms with E-state index in [9.17, 15) is 26.4 Å². The third-order valence-corrected chi connectivity index (χ3v) is 8.99. The van der Waals surface area contributed by atoms with E-state index in [1.54, 1.807) is 7.05 Å². The number of benzene rings is 1. The molecule has 0 aliphatic carbocycles. The minimum absolute atomic E-state index is 0. The monoisotopic (exact) mass is 565 g/mol. The Kier molecular flexibility index (Phi) is 9.62. The lowest BCUT2D eigenvalue weighted by molar-refractivity contribution is 0.224. The Morgan fingerprint density at radius 1 is 0.889 bits per heavy atom. The van der Waals surface area contributed by atoms with Crippen molar-refractivity contribution in [3.05, 3.63) is 51.2 Å². The molecule has 2 heterocycles. The molecule has 0 N–H and O–H groups in total. The molecule has 0 atom stereocenters. The van der Waals surface area contributed by atoms with Crippen LogP contribution in [0, 0.1) is 0 Å². The summed E-state index contributed by atoms with van der Waals surface area (Å²) in [7, 11) is -4.86. The second-order valence-corrected chi connectivity index (χ2v) is 12.4. The second-order valence-electron chi connectivity index (χ2n) is 8.49. The van der Waals surface area contributed by atoms with E-state index >= 15 is 0 Å². The van der Waals surface area contributed by atoms with Crippen LogP contribution in [-0.2, 0) is 34.1 Å². The highest BCUT2D eigenvalue weighted by Gasteiger charge is 2.27. The topological polar surface area (TPSA) is 131 Å². The third-order valence-electron chi connectivity index (χ3n) is 5.73. The molecule has 1 aromatic carbocycles. The van der Waals surface area contributed by atoms with Gasteiger partial charge in [-0.2, -0.15) is 3.71 Å². The number of anilines is 2. The highest BCUT2D eigenvalue weighted by Crippen LogP contribution is 2.24. The first-order valence-corrected chi connectivity index (χ1v) is 14.7. The van der Waals surface area contributed by atoms with Gasteiger partial charge in [-0.25, -0.2) is 21.6 Å². The molecule has 1 fully saturated rings. The average molecular weight is 566 g/mol. The van der Waals surface area contributed by atoms with Gasteiger partial charge in [0.1, 0.15) is 11.6 Å². The summed E-state index contributed by atoms with van der Waals surface area (Å²) in [5.41, 5.74) is -0.648. The van der Waals surface area contributed by atoms with Gasteiger partial charge in [0.15, 0.2) is 0 Å². The lowest BCUT2D eigenvalue weighted by Gasteiger charge is -2.36. The van der Waals surface area contributed by atoms with Gasteiger partial charge in [0.2, 0.25) is 20.0 Å². The van der Waals surface area contributed by atoms with E-state index in [1.807, 2.05) is 4.90 Å². The summed E-state index contributed by atoms with van der Waals surface area (Å²) in [6, 6.07) is 7.33. The van der Waals surface area contributed by atoms with E-state index in [0.29, 0.717) is 35.0 Å². The summed E-state index contributed by atoms with van der Waals surface area (Å²) in [5.74, 6) is 1.13. The predicted molar refractivity (Wildman–Crippen MR) is 142 cm³/mol. The maximum Gasteiger partial charge on any atom is 0.332 e. The van der Waals surface area contributed by atoms with Gasteiger partial charge in [0, 0.05) is 52.9 Å². The highest BCUT2D eigenvalue weighted by atomic mass is 35.5. The molecular formula is C21H32ClN5O7S2. The smallest absolute Gasteiger partial charge is 0.332 e. The maximum absolute atomic E-state index is 12.2. The van der Waals surface area contributed by atoms with Crippen LogP contribution in [0.4, 0.5) is 11.5 Å². The summed E-state index contributed by atoms with van der Waals surface area (Å²) < 4.78 is 56.1. The quantitative estimate of drug-likeness (QED) is 0.380. The summed E-state index contributed by atoms with van der Waals surface area (Å²) in [6.45, 7) is 4.19. The third kappa shape index (κ3) is 7.02. The molecule has 36 heavy (non-hydrogen) atoms. The molecule has 1 saturated heterocycles. The Hall–Kier alpha value is -2.55. The number of piperazine rings is 1. The Labute approximate surface area is 217 Å². The Bertz CT molecular complexity index is 1350. The zero-order valence-corrected chi connectivity index (χ0v) is 23.1. The summed E-state index contributed by atoms with van der Waals surface area (Å²) in [5, 5.41) is 0. The van der Waals surface area contributed by atoms with Gasteiger partial charge in [-0.05, 0) is 30.7 Å². The van der Waals surface area contributed by atoms with Gasteiger partial charge in [0.25, 0.3) is 5.56 Å². The molecule has 0 amide bonds. The van der Waals surface area contributed by atoms with Crippen molar-refractivity contribution in [1.82, 2.24) is 14.0 Å².